The molecule has 1 unspecified atom stereocenters. The third-order valence-corrected chi connectivity index (χ3v) is 3.09. The Hall–Kier alpha value is -1.19. The van der Waals surface area contributed by atoms with E-state index in [0.29, 0.717) is 12.1 Å². The summed E-state index contributed by atoms with van der Waals surface area (Å²) in [5.41, 5.74) is 7.79. The van der Waals surface area contributed by atoms with Gasteiger partial charge in [0.25, 0.3) is 0 Å². The van der Waals surface area contributed by atoms with E-state index in [1.54, 1.807) is 0 Å². The summed E-state index contributed by atoms with van der Waals surface area (Å²) in [4.78, 5) is 0. The zero-order valence-electron chi connectivity index (χ0n) is 11.7. The molecule has 0 saturated heterocycles. The summed E-state index contributed by atoms with van der Waals surface area (Å²) < 4.78 is 1.99. The monoisotopic (exact) mass is 238 g/mol. The lowest BCUT2D eigenvalue weighted by Gasteiger charge is -2.20. The minimum absolute atomic E-state index is 0.327. The van der Waals surface area contributed by atoms with Crippen molar-refractivity contribution in [2.45, 2.75) is 66.0 Å². The summed E-state index contributed by atoms with van der Waals surface area (Å²) >= 11 is 0. The van der Waals surface area contributed by atoms with Gasteiger partial charge in [-0.1, -0.05) is 20.3 Å². The molecule has 0 saturated carbocycles. The minimum Gasteiger partial charge on any atom is -0.394 e. The maximum absolute atomic E-state index is 6.09. The highest BCUT2D eigenvalue weighted by Crippen LogP contribution is 2.27. The lowest BCUT2D eigenvalue weighted by Crippen LogP contribution is -2.21. The second-order valence-electron chi connectivity index (χ2n) is 4.92. The highest BCUT2D eigenvalue weighted by molar-refractivity contribution is 5.65. The molecule has 1 aromatic rings. The molecule has 1 heterocycles. The number of hydrogen-bond acceptors (Lipinski definition) is 3. The maximum Gasteiger partial charge on any atom is 0.148 e. The second kappa shape index (κ2) is 5.94. The van der Waals surface area contributed by atoms with E-state index in [4.69, 9.17) is 5.73 Å². The summed E-state index contributed by atoms with van der Waals surface area (Å²) in [6, 6.07) is 0.809. The normalized spacial score (nSPS) is 13.1. The van der Waals surface area contributed by atoms with Gasteiger partial charge < -0.3 is 11.1 Å². The number of nitrogens with two attached hydrogens (primary N) is 1. The Morgan fingerprint density at radius 2 is 2.00 bits per heavy atom. The van der Waals surface area contributed by atoms with Gasteiger partial charge in [0.15, 0.2) is 0 Å². The molecule has 0 aliphatic heterocycles. The Morgan fingerprint density at radius 1 is 1.35 bits per heavy atom. The van der Waals surface area contributed by atoms with E-state index >= 15 is 0 Å². The second-order valence-corrected chi connectivity index (χ2v) is 4.92. The molecule has 0 aromatic carbocycles. The van der Waals surface area contributed by atoms with E-state index in [1.165, 1.54) is 6.42 Å². The van der Waals surface area contributed by atoms with Gasteiger partial charge in [0.05, 0.1) is 11.4 Å². The standard InChI is InChI=1S/C13H26N4/c1-6-8-11(7-2)15-13-12(14)10(5)16-17(13)9(3)4/h9,11,15H,6-8,14H2,1-5H3. The topological polar surface area (TPSA) is 55.9 Å². The Balaban J connectivity index is 2.95. The van der Waals surface area contributed by atoms with Crippen molar-refractivity contribution in [3.63, 3.8) is 0 Å². The first kappa shape index (κ1) is 13.9. The zero-order chi connectivity index (χ0) is 13.0. The van der Waals surface area contributed by atoms with E-state index in [0.717, 1.165) is 30.0 Å². The summed E-state index contributed by atoms with van der Waals surface area (Å²) in [7, 11) is 0. The number of hydrogen-bond donors (Lipinski definition) is 2. The minimum atomic E-state index is 0.327. The third-order valence-electron chi connectivity index (χ3n) is 3.09. The summed E-state index contributed by atoms with van der Waals surface area (Å²) in [5, 5.41) is 8.03. The number of aryl methyl sites for hydroxylation is 1. The average Bonchev–Trinajstić information content (AvgIpc) is 2.56. The first-order valence-electron chi connectivity index (χ1n) is 6.62. The van der Waals surface area contributed by atoms with Crippen LogP contribution in [0, 0.1) is 6.92 Å². The van der Waals surface area contributed by atoms with Gasteiger partial charge in [-0.2, -0.15) is 5.10 Å². The van der Waals surface area contributed by atoms with Crippen molar-refractivity contribution in [1.82, 2.24) is 9.78 Å². The van der Waals surface area contributed by atoms with Crippen LogP contribution in [-0.4, -0.2) is 15.8 Å². The first-order chi connectivity index (χ1) is 8.01. The van der Waals surface area contributed by atoms with Crippen LogP contribution >= 0.6 is 0 Å². The quantitative estimate of drug-likeness (QED) is 0.799. The van der Waals surface area contributed by atoms with E-state index in [-0.39, 0.29) is 0 Å². The Bertz CT molecular complexity index is 355. The molecule has 17 heavy (non-hydrogen) atoms. The van der Waals surface area contributed by atoms with Crippen molar-refractivity contribution in [2.75, 3.05) is 11.1 Å². The van der Waals surface area contributed by atoms with Crippen molar-refractivity contribution >= 4 is 11.5 Å². The number of nitrogens with zero attached hydrogens (tertiary/aromatic N) is 2. The molecular formula is C13H26N4. The molecule has 3 N–H and O–H groups in total. The van der Waals surface area contributed by atoms with Crippen LogP contribution in [0.4, 0.5) is 11.5 Å². The summed E-state index contributed by atoms with van der Waals surface area (Å²) in [6.45, 7) is 10.6. The van der Waals surface area contributed by atoms with Gasteiger partial charge in [-0.25, -0.2) is 4.68 Å². The summed E-state index contributed by atoms with van der Waals surface area (Å²) in [5.74, 6) is 0.984. The van der Waals surface area contributed by atoms with Crippen LogP contribution in [0.25, 0.3) is 0 Å². The van der Waals surface area contributed by atoms with E-state index in [1.807, 2.05) is 11.6 Å². The largest absolute Gasteiger partial charge is 0.394 e. The first-order valence-corrected chi connectivity index (χ1v) is 6.62. The molecule has 0 spiro atoms. The molecule has 1 aromatic heterocycles. The third kappa shape index (κ3) is 3.14. The molecule has 1 rings (SSSR count). The predicted octanol–water partition coefficient (Wildman–Crippen LogP) is 3.35. The van der Waals surface area contributed by atoms with Crippen molar-refractivity contribution in [2.24, 2.45) is 0 Å². The van der Waals surface area contributed by atoms with Gasteiger partial charge in [0, 0.05) is 12.1 Å². The highest BCUT2D eigenvalue weighted by Gasteiger charge is 2.17. The fraction of sp³-hybridized carbons (Fsp3) is 0.769. The lowest BCUT2D eigenvalue weighted by molar-refractivity contribution is 0.524. The molecule has 0 amide bonds. The van der Waals surface area contributed by atoms with Gasteiger partial charge >= 0.3 is 0 Å². The van der Waals surface area contributed by atoms with E-state index < -0.39 is 0 Å². The number of anilines is 2. The molecule has 98 valence electrons. The number of nitrogens with one attached hydrogen (secondary N) is 1. The maximum atomic E-state index is 6.09. The Morgan fingerprint density at radius 3 is 2.47 bits per heavy atom. The Kier molecular flexibility index (Phi) is 4.85. The molecule has 4 heteroatoms. The molecule has 0 aliphatic rings. The van der Waals surface area contributed by atoms with Crippen LogP contribution in [0.15, 0.2) is 0 Å². The smallest absolute Gasteiger partial charge is 0.148 e. The zero-order valence-corrected chi connectivity index (χ0v) is 11.7. The molecule has 0 radical (unpaired) electrons. The van der Waals surface area contributed by atoms with E-state index in [9.17, 15) is 0 Å². The summed E-state index contributed by atoms with van der Waals surface area (Å²) in [6.07, 6.45) is 3.45. The highest BCUT2D eigenvalue weighted by atomic mass is 15.4. The van der Waals surface area contributed by atoms with Crippen LogP contribution in [0.5, 0.6) is 0 Å². The number of rotatable bonds is 6. The SMILES string of the molecule is CCCC(CC)Nc1c(N)c(C)nn1C(C)C. The van der Waals surface area contributed by atoms with Gasteiger partial charge in [-0.15, -0.1) is 0 Å². The van der Waals surface area contributed by atoms with Gasteiger partial charge in [0.2, 0.25) is 0 Å². The lowest BCUT2D eigenvalue weighted by atomic mass is 10.1. The predicted molar refractivity (Wildman–Crippen MR) is 74.4 cm³/mol. The molecule has 4 nitrogen and oxygen atoms in total. The van der Waals surface area contributed by atoms with Crippen LogP contribution in [0.2, 0.25) is 0 Å². The molecule has 0 aliphatic carbocycles. The van der Waals surface area contributed by atoms with Crippen molar-refractivity contribution in [1.29, 1.82) is 0 Å². The number of aromatic nitrogens is 2. The fourth-order valence-electron chi connectivity index (χ4n) is 2.00. The molecular weight excluding hydrogens is 212 g/mol. The van der Waals surface area contributed by atoms with Crippen LogP contribution in [0.3, 0.4) is 0 Å². The molecule has 0 bridgehead atoms. The van der Waals surface area contributed by atoms with Gasteiger partial charge in [-0.05, 0) is 33.6 Å². The molecule has 0 fully saturated rings. The van der Waals surface area contributed by atoms with Crippen molar-refractivity contribution < 1.29 is 0 Å². The van der Waals surface area contributed by atoms with Crippen LogP contribution in [-0.2, 0) is 0 Å². The van der Waals surface area contributed by atoms with Crippen molar-refractivity contribution in [3.8, 4) is 0 Å². The van der Waals surface area contributed by atoms with Gasteiger partial charge in [0.1, 0.15) is 5.82 Å². The molecule has 1 atom stereocenters. The average molecular weight is 238 g/mol. The van der Waals surface area contributed by atoms with Crippen LogP contribution in [0.1, 0.15) is 58.7 Å². The fourth-order valence-corrected chi connectivity index (χ4v) is 2.00. The van der Waals surface area contributed by atoms with Gasteiger partial charge in [-0.3, -0.25) is 0 Å². The van der Waals surface area contributed by atoms with Crippen molar-refractivity contribution in [3.05, 3.63) is 5.69 Å². The Labute approximate surface area is 105 Å². The van der Waals surface area contributed by atoms with E-state index in [2.05, 4.69) is 38.1 Å². The van der Waals surface area contributed by atoms with Crippen LogP contribution < -0.4 is 11.1 Å². The number of nitrogen functional groups attached to an aromatic ring is 1.